The van der Waals surface area contributed by atoms with Crippen LogP contribution in [0.2, 0.25) is 0 Å². The third-order valence-electron chi connectivity index (χ3n) is 4.03. The molecule has 2 aromatic carbocycles. The summed E-state index contributed by atoms with van der Waals surface area (Å²) in [5.41, 5.74) is -5.10. The molecule has 0 aliphatic rings. The van der Waals surface area contributed by atoms with Gasteiger partial charge in [0.15, 0.2) is 0 Å². The number of ether oxygens (including phenoxy) is 1. The number of halogens is 3. The highest BCUT2D eigenvalue weighted by molar-refractivity contribution is 7.92. The zero-order chi connectivity index (χ0) is 22.5. The minimum absolute atomic E-state index is 0.0275. The Morgan fingerprint density at radius 2 is 1.73 bits per heavy atom. The number of rotatable bonds is 7. The summed E-state index contributed by atoms with van der Waals surface area (Å²) >= 11 is 0. The molecule has 2 amide bonds. The molecule has 2 aromatic rings. The van der Waals surface area contributed by atoms with Crippen LogP contribution in [0.4, 0.5) is 18.9 Å². The van der Waals surface area contributed by atoms with Crippen LogP contribution in [0.25, 0.3) is 0 Å². The van der Waals surface area contributed by atoms with Crippen LogP contribution in [-0.2, 0) is 19.4 Å². The molecule has 0 heterocycles. The molecule has 0 radical (unpaired) electrons. The molecule has 0 aromatic heterocycles. The highest BCUT2D eigenvalue weighted by Gasteiger charge is 2.47. The lowest BCUT2D eigenvalue weighted by Crippen LogP contribution is -2.30. The second-order valence-corrected chi connectivity index (χ2v) is 8.17. The van der Waals surface area contributed by atoms with Crippen LogP contribution in [-0.4, -0.2) is 32.9 Å². The molecule has 0 saturated heterocycles. The predicted molar refractivity (Wildman–Crippen MR) is 102 cm³/mol. The molecule has 0 aliphatic heterocycles. The lowest BCUT2D eigenvalue weighted by Gasteiger charge is -2.19. The summed E-state index contributed by atoms with van der Waals surface area (Å²) in [7, 11) is -4.39. The Hall–Kier alpha value is -3.08. The molecule has 0 spiro atoms. The molecular formula is C19H19F3N2O5S. The van der Waals surface area contributed by atoms with Crippen molar-refractivity contribution in [3.8, 4) is 5.75 Å². The maximum Gasteiger partial charge on any atom is 0.501 e. The molecular weight excluding hydrogens is 425 g/mol. The molecule has 11 heteroatoms. The van der Waals surface area contributed by atoms with Crippen molar-refractivity contribution in [3.63, 3.8) is 0 Å². The van der Waals surface area contributed by atoms with Gasteiger partial charge in [-0.3, -0.25) is 9.59 Å². The first-order chi connectivity index (χ1) is 14.0. The van der Waals surface area contributed by atoms with Gasteiger partial charge in [0.25, 0.3) is 9.84 Å². The van der Waals surface area contributed by atoms with Crippen molar-refractivity contribution in [1.29, 1.82) is 0 Å². The number of methoxy groups -OCH3 is 1. The lowest BCUT2D eigenvalue weighted by molar-refractivity contribution is -0.120. The van der Waals surface area contributed by atoms with Crippen LogP contribution in [0.1, 0.15) is 24.9 Å². The van der Waals surface area contributed by atoms with Crippen molar-refractivity contribution in [1.82, 2.24) is 5.32 Å². The molecule has 7 nitrogen and oxygen atoms in total. The normalized spacial score (nSPS) is 12.7. The maximum absolute atomic E-state index is 12.8. The van der Waals surface area contributed by atoms with Crippen LogP contribution in [0.3, 0.4) is 0 Å². The number of anilines is 1. The fourth-order valence-corrected chi connectivity index (χ4v) is 3.44. The second kappa shape index (κ2) is 9.16. The third kappa shape index (κ3) is 5.50. The van der Waals surface area contributed by atoms with Crippen molar-refractivity contribution >= 4 is 27.3 Å². The number of carbonyl (C=O) groups is 2. The van der Waals surface area contributed by atoms with Crippen molar-refractivity contribution in [2.75, 3.05) is 12.4 Å². The average molecular weight is 444 g/mol. The molecule has 0 aliphatic carbocycles. The van der Waals surface area contributed by atoms with Gasteiger partial charge in [0.1, 0.15) is 5.75 Å². The predicted octanol–water partition coefficient (Wildman–Crippen LogP) is 3.19. The van der Waals surface area contributed by atoms with Crippen molar-refractivity contribution < 1.29 is 35.9 Å². The minimum atomic E-state index is -5.61. The van der Waals surface area contributed by atoms with E-state index in [0.717, 1.165) is 12.1 Å². The van der Waals surface area contributed by atoms with Gasteiger partial charge in [0, 0.05) is 6.92 Å². The van der Waals surface area contributed by atoms with Crippen molar-refractivity contribution in [3.05, 3.63) is 54.1 Å². The van der Waals surface area contributed by atoms with E-state index in [4.69, 9.17) is 4.74 Å². The zero-order valence-corrected chi connectivity index (χ0v) is 16.8. The summed E-state index contributed by atoms with van der Waals surface area (Å²) < 4.78 is 66.8. The van der Waals surface area contributed by atoms with Gasteiger partial charge in [0.2, 0.25) is 11.8 Å². The van der Waals surface area contributed by atoms with Crippen LogP contribution in [0.5, 0.6) is 5.75 Å². The molecule has 0 bridgehead atoms. The number of alkyl halides is 3. The summed E-state index contributed by atoms with van der Waals surface area (Å²) in [6.07, 6.45) is -0.247. The van der Waals surface area contributed by atoms with Gasteiger partial charge in [0.05, 0.1) is 30.2 Å². The highest BCUT2D eigenvalue weighted by Crippen LogP contribution is 2.35. The van der Waals surface area contributed by atoms with Crippen LogP contribution in [0.15, 0.2) is 53.4 Å². The minimum Gasteiger partial charge on any atom is -0.495 e. The monoisotopic (exact) mass is 444 g/mol. The number of hydrogen-bond acceptors (Lipinski definition) is 5. The van der Waals surface area contributed by atoms with E-state index in [1.165, 1.54) is 14.0 Å². The molecule has 0 fully saturated rings. The fraction of sp³-hybridized carbons (Fsp3) is 0.263. The topological polar surface area (TPSA) is 102 Å². The van der Waals surface area contributed by atoms with E-state index in [1.54, 1.807) is 30.3 Å². The number of carbonyl (C=O) groups excluding carboxylic acids is 2. The van der Waals surface area contributed by atoms with Crippen molar-refractivity contribution in [2.24, 2.45) is 0 Å². The zero-order valence-electron chi connectivity index (χ0n) is 16.0. The Morgan fingerprint density at radius 1 is 1.10 bits per heavy atom. The maximum atomic E-state index is 12.8. The standard InChI is InChI=1S/C19H19F3N2O5S/c1-12(25)23-15(13-6-4-3-5-7-13)11-18(26)24-16-10-14(8-9-17(16)29-2)30(27,28)19(20,21)22/h3-10,15H,11H2,1-2H3,(H,23,25)(H,24,26). The molecule has 2 N–H and O–H groups in total. The highest BCUT2D eigenvalue weighted by atomic mass is 32.2. The van der Waals surface area contributed by atoms with Crippen LogP contribution >= 0.6 is 0 Å². The Kier molecular flexibility index (Phi) is 7.08. The van der Waals surface area contributed by atoms with E-state index in [9.17, 15) is 31.2 Å². The number of benzene rings is 2. The number of hydrogen-bond donors (Lipinski definition) is 2. The number of amides is 2. The van der Waals surface area contributed by atoms with Gasteiger partial charge in [-0.15, -0.1) is 0 Å². The van der Waals surface area contributed by atoms with Gasteiger partial charge in [-0.2, -0.15) is 13.2 Å². The largest absolute Gasteiger partial charge is 0.501 e. The van der Waals surface area contributed by atoms with E-state index in [0.29, 0.717) is 11.6 Å². The molecule has 2 rings (SSSR count). The molecule has 1 atom stereocenters. The van der Waals surface area contributed by atoms with Crippen LogP contribution < -0.4 is 15.4 Å². The lowest BCUT2D eigenvalue weighted by atomic mass is 10.0. The van der Waals surface area contributed by atoms with Gasteiger partial charge < -0.3 is 15.4 Å². The smallest absolute Gasteiger partial charge is 0.495 e. The van der Waals surface area contributed by atoms with Gasteiger partial charge in [-0.1, -0.05) is 30.3 Å². The quantitative estimate of drug-likeness (QED) is 0.683. The molecule has 0 saturated carbocycles. The first-order valence-corrected chi connectivity index (χ1v) is 10.1. The Morgan fingerprint density at radius 3 is 2.27 bits per heavy atom. The second-order valence-electron chi connectivity index (χ2n) is 6.23. The summed E-state index contributed by atoms with van der Waals surface area (Å²) in [6.45, 7) is 1.28. The number of sulfone groups is 1. The summed E-state index contributed by atoms with van der Waals surface area (Å²) in [5, 5.41) is 4.97. The molecule has 162 valence electrons. The van der Waals surface area contributed by atoms with E-state index < -0.39 is 32.2 Å². The Balaban J connectivity index is 2.30. The van der Waals surface area contributed by atoms with E-state index in [-0.39, 0.29) is 23.8 Å². The number of nitrogens with one attached hydrogen (secondary N) is 2. The van der Waals surface area contributed by atoms with Gasteiger partial charge >= 0.3 is 5.51 Å². The first kappa shape index (κ1) is 23.2. The van der Waals surface area contributed by atoms with Crippen LogP contribution in [0, 0.1) is 0 Å². The van der Waals surface area contributed by atoms with Gasteiger partial charge in [-0.25, -0.2) is 8.42 Å². The fourth-order valence-electron chi connectivity index (χ4n) is 2.66. The summed E-state index contributed by atoms with van der Waals surface area (Å²) in [4.78, 5) is 23.0. The average Bonchev–Trinajstić information content (AvgIpc) is 2.66. The third-order valence-corrected chi connectivity index (χ3v) is 5.51. The summed E-state index contributed by atoms with van der Waals surface area (Å²) in [5.74, 6) is -1.08. The Bertz CT molecular complexity index is 1020. The van der Waals surface area contributed by atoms with Crippen molar-refractivity contribution in [2.45, 2.75) is 29.8 Å². The van der Waals surface area contributed by atoms with Gasteiger partial charge in [-0.05, 0) is 23.8 Å². The van der Waals surface area contributed by atoms with E-state index in [1.807, 2.05) is 0 Å². The SMILES string of the molecule is COc1ccc(S(=O)(=O)C(F)(F)F)cc1NC(=O)CC(NC(C)=O)c1ccccc1. The summed E-state index contributed by atoms with van der Waals surface area (Å²) in [6, 6.07) is 10.3. The molecule has 30 heavy (non-hydrogen) atoms. The van der Waals surface area contributed by atoms with E-state index in [2.05, 4.69) is 10.6 Å². The molecule has 1 unspecified atom stereocenters. The van der Waals surface area contributed by atoms with E-state index >= 15 is 0 Å². The Labute approximate surface area is 171 Å². The first-order valence-electron chi connectivity index (χ1n) is 8.57.